The van der Waals surface area contributed by atoms with Gasteiger partial charge >= 0.3 is 11.8 Å². The minimum Gasteiger partial charge on any atom is -0.444 e. The van der Waals surface area contributed by atoms with Crippen LogP contribution in [0.15, 0.2) is 23.0 Å². The number of imide groups is 1. The van der Waals surface area contributed by atoms with Crippen LogP contribution in [-0.2, 0) is 21.4 Å². The molecule has 2 unspecified atom stereocenters. The van der Waals surface area contributed by atoms with Gasteiger partial charge < -0.3 is 4.74 Å². The molecular formula is C26H35N5O5. The number of imidazole rings is 1. The van der Waals surface area contributed by atoms with Gasteiger partial charge in [-0.15, -0.1) is 0 Å². The maximum atomic E-state index is 13.2. The zero-order valence-corrected chi connectivity index (χ0v) is 21.5. The molecule has 1 aromatic carbocycles. The van der Waals surface area contributed by atoms with Crippen LogP contribution in [0.5, 0.6) is 0 Å². The average molecular weight is 498 g/mol. The first-order chi connectivity index (χ1) is 17.0. The lowest BCUT2D eigenvalue weighted by molar-refractivity contribution is -0.135. The van der Waals surface area contributed by atoms with Crippen LogP contribution < -0.4 is 11.0 Å². The largest absolute Gasteiger partial charge is 0.444 e. The lowest BCUT2D eigenvalue weighted by Crippen LogP contribution is -2.60. The molecule has 4 heterocycles. The molecule has 0 saturated carbocycles. The molecule has 1 aromatic heterocycles. The van der Waals surface area contributed by atoms with Gasteiger partial charge in [-0.05, 0) is 58.1 Å². The molecule has 3 aliphatic rings. The number of fused-ring (bicyclic) bond motifs is 1. The zero-order chi connectivity index (χ0) is 25.8. The monoisotopic (exact) mass is 497 g/mol. The Bertz CT molecular complexity index is 1270. The van der Waals surface area contributed by atoms with Gasteiger partial charge in [-0.3, -0.25) is 33.8 Å². The van der Waals surface area contributed by atoms with Crippen molar-refractivity contribution >= 4 is 28.9 Å². The number of hydrogen-bond acceptors (Lipinski definition) is 6. The summed E-state index contributed by atoms with van der Waals surface area (Å²) in [5.74, 6) is -0.525. The molecule has 3 aliphatic heterocycles. The van der Waals surface area contributed by atoms with Gasteiger partial charge in [0, 0.05) is 39.0 Å². The van der Waals surface area contributed by atoms with Gasteiger partial charge in [0.05, 0.1) is 17.2 Å². The summed E-state index contributed by atoms with van der Waals surface area (Å²) in [4.78, 5) is 54.4. The van der Waals surface area contributed by atoms with Crippen LogP contribution >= 0.6 is 0 Å². The van der Waals surface area contributed by atoms with E-state index < -0.39 is 17.6 Å². The van der Waals surface area contributed by atoms with Crippen molar-refractivity contribution in [1.82, 2.24) is 24.3 Å². The van der Waals surface area contributed by atoms with Crippen molar-refractivity contribution in [2.75, 3.05) is 19.6 Å². The molecule has 5 rings (SSSR count). The number of aryl methyl sites for hydroxylation is 1. The minimum atomic E-state index is -0.698. The van der Waals surface area contributed by atoms with Crippen LogP contribution in [0.4, 0.5) is 4.79 Å². The molecule has 0 bridgehead atoms. The first kappa shape index (κ1) is 24.5. The van der Waals surface area contributed by atoms with E-state index in [0.29, 0.717) is 18.5 Å². The fraction of sp³-hybridized carbons (Fsp3) is 0.615. The summed E-state index contributed by atoms with van der Waals surface area (Å²) in [6.45, 7) is 7.90. The molecule has 1 N–H and O–H groups in total. The van der Waals surface area contributed by atoms with E-state index in [1.165, 1.54) is 4.57 Å². The second-order valence-corrected chi connectivity index (χ2v) is 11.2. The number of likely N-dealkylation sites (tertiary alicyclic amines) is 2. The standard InChI is InChI=1S/C26H35N5O5/c1-26(2,3)36-25(35)30-13-6-5-10-21(30)29-14-16(15-29)17-8-7-9-18-22(17)28(4)24(34)31(18)19-11-12-20(32)27-23(19)33/h7-9,16,19,21H,5-6,10-15H2,1-4H3,(H,27,32,33). The predicted octanol–water partition coefficient (Wildman–Crippen LogP) is 2.46. The molecule has 0 aliphatic carbocycles. The van der Waals surface area contributed by atoms with E-state index >= 15 is 0 Å². The summed E-state index contributed by atoms with van der Waals surface area (Å²) in [6, 6.07) is 5.14. The highest BCUT2D eigenvalue weighted by atomic mass is 16.6. The fourth-order valence-electron chi connectivity index (χ4n) is 5.81. The van der Waals surface area contributed by atoms with Crippen LogP contribution in [0.3, 0.4) is 0 Å². The van der Waals surface area contributed by atoms with E-state index in [2.05, 4.69) is 10.2 Å². The second kappa shape index (κ2) is 9.06. The number of piperidine rings is 2. The number of nitrogens with zero attached hydrogens (tertiary/aromatic N) is 4. The molecule has 3 amide bonds. The van der Waals surface area contributed by atoms with E-state index in [-0.39, 0.29) is 36.2 Å². The molecule has 2 atom stereocenters. The number of carbonyl (C=O) groups is 3. The molecule has 10 heteroatoms. The van der Waals surface area contributed by atoms with Crippen molar-refractivity contribution < 1.29 is 19.1 Å². The number of benzene rings is 1. The van der Waals surface area contributed by atoms with Crippen LogP contribution in [-0.4, -0.2) is 68.2 Å². The Labute approximate surface area is 210 Å². The molecule has 3 fully saturated rings. The molecule has 194 valence electrons. The SMILES string of the molecule is Cn1c(=O)n(C2CCC(=O)NC2=O)c2cccc(C3CN(C4CCCCN4C(=O)OC(C)(C)C)C3)c21. The second-order valence-electron chi connectivity index (χ2n) is 11.2. The van der Waals surface area contributed by atoms with E-state index in [1.54, 1.807) is 11.6 Å². The summed E-state index contributed by atoms with van der Waals surface area (Å²) >= 11 is 0. The molecule has 0 radical (unpaired) electrons. The highest BCUT2D eigenvalue weighted by molar-refractivity contribution is 6.00. The Morgan fingerprint density at radius 3 is 2.53 bits per heavy atom. The van der Waals surface area contributed by atoms with Gasteiger partial charge in [0.2, 0.25) is 11.8 Å². The van der Waals surface area contributed by atoms with Crippen LogP contribution in [0.25, 0.3) is 11.0 Å². The van der Waals surface area contributed by atoms with E-state index in [9.17, 15) is 19.2 Å². The predicted molar refractivity (Wildman–Crippen MR) is 133 cm³/mol. The number of nitrogens with one attached hydrogen (secondary N) is 1. The van der Waals surface area contributed by atoms with Gasteiger partial charge in [0.1, 0.15) is 11.6 Å². The van der Waals surface area contributed by atoms with Crippen LogP contribution in [0.2, 0.25) is 0 Å². The maximum Gasteiger partial charge on any atom is 0.411 e. The highest BCUT2D eigenvalue weighted by Crippen LogP contribution is 2.37. The number of rotatable bonds is 3. The Morgan fingerprint density at radius 2 is 1.83 bits per heavy atom. The third-order valence-electron chi connectivity index (χ3n) is 7.53. The van der Waals surface area contributed by atoms with Crippen LogP contribution in [0, 0.1) is 0 Å². The van der Waals surface area contributed by atoms with Crippen molar-refractivity contribution in [2.45, 2.75) is 76.6 Å². The number of hydrogen-bond donors (Lipinski definition) is 1. The quantitative estimate of drug-likeness (QED) is 0.653. The summed E-state index contributed by atoms with van der Waals surface area (Å²) in [7, 11) is 1.73. The van der Waals surface area contributed by atoms with Crippen LogP contribution in [0.1, 0.15) is 70.4 Å². The molecular weight excluding hydrogens is 462 g/mol. The Balaban J connectivity index is 1.38. The molecule has 2 aromatic rings. The summed E-state index contributed by atoms with van der Waals surface area (Å²) < 4.78 is 8.81. The summed E-state index contributed by atoms with van der Waals surface area (Å²) in [5.41, 5.74) is 1.80. The lowest BCUT2D eigenvalue weighted by atomic mass is 9.88. The highest BCUT2D eigenvalue weighted by Gasteiger charge is 2.41. The maximum absolute atomic E-state index is 13.2. The fourth-order valence-corrected chi connectivity index (χ4v) is 5.81. The van der Waals surface area contributed by atoms with Crippen molar-refractivity contribution in [1.29, 1.82) is 0 Å². The van der Waals surface area contributed by atoms with Crippen molar-refractivity contribution in [3.05, 3.63) is 34.2 Å². The number of aromatic nitrogens is 2. The summed E-state index contributed by atoms with van der Waals surface area (Å²) in [5, 5.41) is 2.36. The number of carbonyl (C=O) groups excluding carboxylic acids is 3. The normalized spacial score (nSPS) is 24.1. The smallest absolute Gasteiger partial charge is 0.411 e. The average Bonchev–Trinajstić information content (AvgIpc) is 3.03. The van der Waals surface area contributed by atoms with Crippen molar-refractivity contribution in [3.8, 4) is 0 Å². The molecule has 36 heavy (non-hydrogen) atoms. The zero-order valence-electron chi connectivity index (χ0n) is 21.5. The van der Waals surface area contributed by atoms with Crippen molar-refractivity contribution in [3.63, 3.8) is 0 Å². The van der Waals surface area contributed by atoms with E-state index in [4.69, 9.17) is 4.74 Å². The third kappa shape index (κ3) is 4.31. The number of amides is 3. The van der Waals surface area contributed by atoms with Gasteiger partial charge in [0.25, 0.3) is 0 Å². The van der Waals surface area contributed by atoms with E-state index in [0.717, 1.165) is 43.4 Å². The number of para-hydroxylation sites is 1. The van der Waals surface area contributed by atoms with Crippen molar-refractivity contribution in [2.24, 2.45) is 7.05 Å². The Morgan fingerprint density at radius 1 is 1.08 bits per heavy atom. The van der Waals surface area contributed by atoms with Gasteiger partial charge in [-0.2, -0.15) is 0 Å². The first-order valence-corrected chi connectivity index (χ1v) is 12.8. The molecule has 0 spiro atoms. The first-order valence-electron chi connectivity index (χ1n) is 12.8. The molecule has 3 saturated heterocycles. The molecule has 10 nitrogen and oxygen atoms in total. The summed E-state index contributed by atoms with van der Waals surface area (Å²) in [6.07, 6.45) is 3.24. The number of ether oxygens (including phenoxy) is 1. The minimum absolute atomic E-state index is 0.0148. The van der Waals surface area contributed by atoms with Gasteiger partial charge in [0.15, 0.2) is 0 Å². The van der Waals surface area contributed by atoms with E-state index in [1.807, 2.05) is 43.9 Å². The van der Waals surface area contributed by atoms with Gasteiger partial charge in [-0.25, -0.2) is 9.59 Å². The third-order valence-corrected chi connectivity index (χ3v) is 7.53. The Kier molecular flexibility index (Phi) is 6.18. The van der Waals surface area contributed by atoms with Gasteiger partial charge in [-0.1, -0.05) is 12.1 Å². The lowest BCUT2D eigenvalue weighted by Gasteiger charge is -2.50. The Hall–Kier alpha value is -3.14. The topological polar surface area (TPSA) is 106 Å².